The summed E-state index contributed by atoms with van der Waals surface area (Å²) in [6.45, 7) is 1.13. The summed E-state index contributed by atoms with van der Waals surface area (Å²) in [5, 5.41) is 0. The highest BCUT2D eigenvalue weighted by molar-refractivity contribution is 5.80. The predicted octanol–water partition coefficient (Wildman–Crippen LogP) is 3.48. The third-order valence-electron chi connectivity index (χ3n) is 5.84. The van der Waals surface area contributed by atoms with Crippen LogP contribution in [0.25, 0.3) is 22.4 Å². The fourth-order valence-electron chi connectivity index (χ4n) is 4.04. The zero-order valence-electron chi connectivity index (χ0n) is 18.4. The van der Waals surface area contributed by atoms with Gasteiger partial charge in [-0.1, -0.05) is 6.07 Å². The Kier molecular flexibility index (Phi) is 5.75. The summed E-state index contributed by atoms with van der Waals surface area (Å²) in [6.07, 6.45) is -2.25. The molecule has 0 unspecified atom stereocenters. The van der Waals surface area contributed by atoms with Gasteiger partial charge >= 0.3 is 12.1 Å². The minimum absolute atomic E-state index is 0.0982. The zero-order chi connectivity index (χ0) is 24.6. The molecule has 1 aromatic carbocycles. The predicted molar refractivity (Wildman–Crippen MR) is 122 cm³/mol. The van der Waals surface area contributed by atoms with E-state index in [0.717, 1.165) is 17.7 Å². The van der Waals surface area contributed by atoms with Gasteiger partial charge in [-0.15, -0.1) is 0 Å². The van der Waals surface area contributed by atoms with Gasteiger partial charge in [0.2, 0.25) is 5.56 Å². The number of fused-ring (bicyclic) bond motifs is 2. The van der Waals surface area contributed by atoms with Gasteiger partial charge in [0.25, 0.3) is 0 Å². The Hall–Kier alpha value is -4.15. The molecule has 4 heterocycles. The standard InChI is InChI=1S/C24H20F3N5O3/c25-24(26,27)16-3-4-18-19(12-16)31-23(30-18)15-1-5-20(28-13-15)32-8-7-17-14(2-6-21(33)29-17)11-22(34)35-10-9-32/h1-6,12-13H,7-11H2,(H,29,33)(H,30,31). The molecule has 0 fully saturated rings. The molecule has 0 amide bonds. The second kappa shape index (κ2) is 8.90. The van der Waals surface area contributed by atoms with Crippen molar-refractivity contribution >= 4 is 22.8 Å². The number of pyridine rings is 2. The van der Waals surface area contributed by atoms with Crippen molar-refractivity contribution in [2.45, 2.75) is 19.0 Å². The summed E-state index contributed by atoms with van der Waals surface area (Å²) < 4.78 is 44.3. The van der Waals surface area contributed by atoms with Crippen molar-refractivity contribution in [2.24, 2.45) is 0 Å². The van der Waals surface area contributed by atoms with E-state index in [1.54, 1.807) is 24.4 Å². The number of aromatic amines is 2. The molecule has 5 rings (SSSR count). The molecule has 1 aliphatic heterocycles. The number of alkyl halides is 3. The van der Waals surface area contributed by atoms with Gasteiger partial charge in [-0.05, 0) is 35.9 Å². The van der Waals surface area contributed by atoms with E-state index in [9.17, 15) is 22.8 Å². The van der Waals surface area contributed by atoms with Crippen LogP contribution in [0.2, 0.25) is 0 Å². The second-order valence-corrected chi connectivity index (χ2v) is 8.18. The molecule has 0 radical (unpaired) electrons. The molecular weight excluding hydrogens is 463 g/mol. The lowest BCUT2D eigenvalue weighted by molar-refractivity contribution is -0.142. The molecule has 3 aromatic heterocycles. The van der Waals surface area contributed by atoms with Crippen molar-refractivity contribution in [1.82, 2.24) is 19.9 Å². The number of halogens is 3. The number of benzene rings is 1. The maximum absolute atomic E-state index is 13.0. The van der Waals surface area contributed by atoms with Crippen LogP contribution in [0.4, 0.5) is 19.0 Å². The van der Waals surface area contributed by atoms with E-state index in [-0.39, 0.29) is 30.1 Å². The van der Waals surface area contributed by atoms with Crippen LogP contribution >= 0.6 is 0 Å². The maximum Gasteiger partial charge on any atom is 0.416 e. The Morgan fingerprint density at radius 1 is 1.00 bits per heavy atom. The van der Waals surface area contributed by atoms with Crippen molar-refractivity contribution < 1.29 is 22.7 Å². The number of imidazole rings is 1. The van der Waals surface area contributed by atoms with Crippen molar-refractivity contribution in [3.63, 3.8) is 0 Å². The van der Waals surface area contributed by atoms with Gasteiger partial charge < -0.3 is 19.6 Å². The summed E-state index contributed by atoms with van der Waals surface area (Å²) in [4.78, 5) is 40.4. The van der Waals surface area contributed by atoms with Crippen LogP contribution in [0.1, 0.15) is 16.8 Å². The summed E-state index contributed by atoms with van der Waals surface area (Å²) in [5.74, 6) is 0.655. The summed E-state index contributed by atoms with van der Waals surface area (Å²) >= 11 is 0. The van der Waals surface area contributed by atoms with Gasteiger partial charge in [-0.25, -0.2) is 9.97 Å². The van der Waals surface area contributed by atoms with Gasteiger partial charge in [-0.3, -0.25) is 9.59 Å². The molecular formula is C24H20F3N5O3. The molecule has 0 saturated heterocycles. The normalized spacial score (nSPS) is 15.1. The van der Waals surface area contributed by atoms with E-state index in [2.05, 4.69) is 19.9 Å². The highest BCUT2D eigenvalue weighted by atomic mass is 19.4. The number of nitrogens with one attached hydrogen (secondary N) is 2. The topological polar surface area (TPSA) is 104 Å². The number of H-pyrrole nitrogens is 2. The van der Waals surface area contributed by atoms with E-state index in [0.29, 0.717) is 47.9 Å². The minimum Gasteiger partial charge on any atom is -0.464 e. The van der Waals surface area contributed by atoms with E-state index in [1.807, 2.05) is 4.90 Å². The molecule has 180 valence electrons. The number of cyclic esters (lactones) is 1. The monoisotopic (exact) mass is 483 g/mol. The second-order valence-electron chi connectivity index (χ2n) is 8.18. The molecule has 0 bridgehead atoms. The first-order valence-corrected chi connectivity index (χ1v) is 10.9. The molecule has 2 N–H and O–H groups in total. The van der Waals surface area contributed by atoms with Gasteiger partial charge in [0.05, 0.1) is 29.6 Å². The van der Waals surface area contributed by atoms with E-state index in [4.69, 9.17) is 4.74 Å². The SMILES string of the molecule is O=C1Cc2ccc(=O)[nH]c2CCN(c2ccc(-c3nc4ccc(C(F)(F)F)cc4[nH]3)cn2)CCO1. The van der Waals surface area contributed by atoms with E-state index < -0.39 is 11.7 Å². The molecule has 4 aromatic rings. The highest BCUT2D eigenvalue weighted by Crippen LogP contribution is 2.31. The molecule has 11 heteroatoms. The fraction of sp³-hybridized carbons (Fsp3) is 0.250. The Labute approximate surface area is 196 Å². The number of ether oxygens (including phenoxy) is 1. The van der Waals surface area contributed by atoms with E-state index >= 15 is 0 Å². The number of nitrogens with zero attached hydrogens (tertiary/aromatic N) is 3. The number of hydrogen-bond acceptors (Lipinski definition) is 6. The highest BCUT2D eigenvalue weighted by Gasteiger charge is 2.30. The van der Waals surface area contributed by atoms with Crippen LogP contribution in [-0.2, 0) is 28.5 Å². The van der Waals surface area contributed by atoms with Crippen molar-refractivity contribution in [1.29, 1.82) is 0 Å². The molecule has 1 aliphatic rings. The first kappa shape index (κ1) is 22.6. The zero-order valence-corrected chi connectivity index (χ0v) is 18.4. The Morgan fingerprint density at radius 2 is 1.86 bits per heavy atom. The van der Waals surface area contributed by atoms with Crippen LogP contribution in [0.5, 0.6) is 0 Å². The largest absolute Gasteiger partial charge is 0.464 e. The van der Waals surface area contributed by atoms with Crippen LogP contribution < -0.4 is 10.5 Å². The number of aromatic nitrogens is 4. The molecule has 35 heavy (non-hydrogen) atoms. The van der Waals surface area contributed by atoms with Gasteiger partial charge in [0.15, 0.2) is 0 Å². The first-order valence-electron chi connectivity index (χ1n) is 10.9. The smallest absolute Gasteiger partial charge is 0.416 e. The Morgan fingerprint density at radius 3 is 2.63 bits per heavy atom. The molecule has 0 spiro atoms. The Balaban J connectivity index is 1.38. The summed E-state index contributed by atoms with van der Waals surface area (Å²) in [6, 6.07) is 9.92. The van der Waals surface area contributed by atoms with Crippen molar-refractivity contribution in [3.05, 3.63) is 75.8 Å². The lowest BCUT2D eigenvalue weighted by Gasteiger charge is -2.25. The number of hydrogen-bond donors (Lipinski definition) is 2. The number of esters is 1. The lowest BCUT2D eigenvalue weighted by atomic mass is 10.1. The van der Waals surface area contributed by atoms with Crippen LogP contribution in [0, 0.1) is 0 Å². The minimum atomic E-state index is -4.44. The van der Waals surface area contributed by atoms with Gasteiger partial charge in [0, 0.05) is 36.5 Å². The lowest BCUT2D eigenvalue weighted by Crippen LogP contribution is -2.33. The van der Waals surface area contributed by atoms with E-state index in [1.165, 1.54) is 12.1 Å². The van der Waals surface area contributed by atoms with Crippen LogP contribution in [0.3, 0.4) is 0 Å². The number of anilines is 1. The Bertz CT molecular complexity index is 1440. The summed E-state index contributed by atoms with van der Waals surface area (Å²) in [5.41, 5.74) is 1.72. The van der Waals surface area contributed by atoms with Crippen LogP contribution in [-0.4, -0.2) is 45.6 Å². The molecule has 0 aliphatic carbocycles. The number of carbonyl (C=O) groups is 1. The molecule has 0 atom stereocenters. The average molecular weight is 483 g/mol. The summed E-state index contributed by atoms with van der Waals surface area (Å²) in [7, 11) is 0. The number of carbonyl (C=O) groups excluding carboxylic acids is 1. The third kappa shape index (κ3) is 4.88. The first-order chi connectivity index (χ1) is 16.8. The van der Waals surface area contributed by atoms with Gasteiger partial charge in [0.1, 0.15) is 18.2 Å². The molecule has 8 nitrogen and oxygen atoms in total. The quantitative estimate of drug-likeness (QED) is 0.423. The molecule has 0 saturated carbocycles. The van der Waals surface area contributed by atoms with Crippen LogP contribution in [0.15, 0.2) is 53.5 Å². The van der Waals surface area contributed by atoms with Gasteiger partial charge in [-0.2, -0.15) is 13.2 Å². The average Bonchev–Trinajstić information content (AvgIpc) is 3.26. The maximum atomic E-state index is 13.0. The van der Waals surface area contributed by atoms with Crippen molar-refractivity contribution in [2.75, 3.05) is 24.6 Å². The van der Waals surface area contributed by atoms with Crippen molar-refractivity contribution in [3.8, 4) is 11.4 Å². The number of rotatable bonds is 2. The third-order valence-corrected chi connectivity index (χ3v) is 5.84. The fourth-order valence-corrected chi connectivity index (χ4v) is 4.04.